The minimum atomic E-state index is -0.676. The Morgan fingerprint density at radius 1 is 0.458 bits per heavy atom. The SMILES string of the molecule is CC(C)[N-]C([N-]Cc1ccccc1)P(c1ccccc1)c1ccccc1.[CH2-]c1ccccc1.[CH2-]c1ccccc1.[CH2-]c1ccccc1.[Hf]. The second-order valence-electron chi connectivity index (χ2n) is 10.9. The van der Waals surface area contributed by atoms with Crippen molar-refractivity contribution in [3.05, 3.63) is 236 Å². The van der Waals surface area contributed by atoms with E-state index < -0.39 is 7.92 Å². The summed E-state index contributed by atoms with van der Waals surface area (Å²) in [5.41, 5.74) is 4.44. The fourth-order valence-electron chi connectivity index (χ4n) is 4.26. The van der Waals surface area contributed by atoms with E-state index in [0.29, 0.717) is 6.54 Å². The van der Waals surface area contributed by atoms with E-state index in [1.165, 1.54) is 16.2 Å². The maximum absolute atomic E-state index is 5.05. The van der Waals surface area contributed by atoms with Crippen LogP contribution in [0.1, 0.15) is 36.1 Å². The van der Waals surface area contributed by atoms with Gasteiger partial charge in [-0.3, -0.25) is 0 Å². The van der Waals surface area contributed by atoms with Gasteiger partial charge >= 0.3 is 0 Å². The second-order valence-corrected chi connectivity index (χ2v) is 13.1. The van der Waals surface area contributed by atoms with Crippen LogP contribution >= 0.6 is 7.92 Å². The molecule has 0 amide bonds. The van der Waals surface area contributed by atoms with Gasteiger partial charge in [0.05, 0.1) is 0 Å². The van der Waals surface area contributed by atoms with Crippen LogP contribution in [0, 0.1) is 20.8 Å². The Morgan fingerprint density at radius 3 is 1.02 bits per heavy atom. The maximum Gasteiger partial charge on any atom is 0 e. The molecule has 48 heavy (non-hydrogen) atoms. The normalized spacial score (nSPS) is 10.5. The molecule has 6 aromatic carbocycles. The minimum absolute atomic E-state index is 0. The van der Waals surface area contributed by atoms with Gasteiger partial charge in [-0.2, -0.15) is 73.9 Å². The molecule has 246 valence electrons. The number of nitrogens with zero attached hydrogens (tertiary/aromatic N) is 2. The third-order valence-electron chi connectivity index (χ3n) is 6.54. The van der Waals surface area contributed by atoms with Crippen LogP contribution in [0.2, 0.25) is 0 Å². The Bertz CT molecular complexity index is 1460. The summed E-state index contributed by atoms with van der Waals surface area (Å²) in [5.74, 6) is -0.0463. The first-order chi connectivity index (χ1) is 22.9. The Morgan fingerprint density at radius 2 is 0.750 bits per heavy atom. The van der Waals surface area contributed by atoms with Gasteiger partial charge in [0, 0.05) is 25.8 Å². The predicted octanol–water partition coefficient (Wildman–Crippen LogP) is 11.4. The summed E-state index contributed by atoms with van der Waals surface area (Å²) in [7, 11) is -0.676. The fourth-order valence-corrected chi connectivity index (χ4v) is 6.72. The molecule has 0 saturated carbocycles. The first-order valence-corrected chi connectivity index (χ1v) is 17.2. The van der Waals surface area contributed by atoms with E-state index in [9.17, 15) is 0 Å². The summed E-state index contributed by atoms with van der Waals surface area (Å²) in [4.78, 5) is 0. The first kappa shape index (κ1) is 40.3. The molecular formula is C44H46HfN2P-5. The molecule has 0 fully saturated rings. The zero-order valence-electron chi connectivity index (χ0n) is 28.1. The van der Waals surface area contributed by atoms with Gasteiger partial charge in [0.15, 0.2) is 0 Å². The first-order valence-electron chi connectivity index (χ1n) is 15.8. The van der Waals surface area contributed by atoms with Crippen LogP contribution in [0.3, 0.4) is 0 Å². The van der Waals surface area contributed by atoms with E-state index in [2.05, 4.69) is 120 Å². The zero-order valence-corrected chi connectivity index (χ0v) is 32.6. The largest absolute Gasteiger partial charge is 0.671 e. The van der Waals surface area contributed by atoms with Crippen molar-refractivity contribution in [2.45, 2.75) is 32.3 Å². The molecule has 0 radical (unpaired) electrons. The summed E-state index contributed by atoms with van der Waals surface area (Å²) in [6, 6.07) is 61.7. The average Bonchev–Trinajstić information content (AvgIpc) is 3.10. The molecule has 0 aliphatic rings. The van der Waals surface area contributed by atoms with E-state index in [1.807, 2.05) is 97.1 Å². The van der Waals surface area contributed by atoms with E-state index in [1.54, 1.807) is 0 Å². The molecule has 0 aliphatic carbocycles. The topological polar surface area (TPSA) is 28.2 Å². The Hall–Kier alpha value is -3.85. The quantitative estimate of drug-likeness (QED) is 0.0832. The summed E-state index contributed by atoms with van der Waals surface area (Å²) in [5, 5.41) is 12.7. The van der Waals surface area contributed by atoms with Gasteiger partial charge in [-0.1, -0.05) is 137 Å². The van der Waals surface area contributed by atoms with E-state index in [4.69, 9.17) is 10.6 Å². The molecule has 0 aromatic heterocycles. The second kappa shape index (κ2) is 24.3. The third kappa shape index (κ3) is 16.8. The van der Waals surface area contributed by atoms with Gasteiger partial charge in [-0.05, 0) is 10.6 Å². The van der Waals surface area contributed by atoms with Crippen molar-refractivity contribution in [2.75, 3.05) is 0 Å². The Labute approximate surface area is 310 Å². The van der Waals surface area contributed by atoms with Crippen molar-refractivity contribution < 1.29 is 25.8 Å². The van der Waals surface area contributed by atoms with Crippen molar-refractivity contribution >= 4 is 18.5 Å². The van der Waals surface area contributed by atoms with Crippen molar-refractivity contribution in [1.29, 1.82) is 0 Å². The van der Waals surface area contributed by atoms with Crippen LogP contribution < -0.4 is 10.6 Å². The molecular weight excluding hydrogens is 766 g/mol. The minimum Gasteiger partial charge on any atom is -0.671 e. The summed E-state index contributed by atoms with van der Waals surface area (Å²) >= 11 is 0. The Balaban J connectivity index is 0.000000292. The third-order valence-corrected chi connectivity index (χ3v) is 9.01. The number of hydrogen-bond donors (Lipinski definition) is 0. The van der Waals surface area contributed by atoms with Crippen LogP contribution in [-0.4, -0.2) is 11.9 Å². The van der Waals surface area contributed by atoms with Gasteiger partial charge in [0.2, 0.25) is 0 Å². The molecule has 6 aromatic rings. The standard InChI is InChI=1S/C23H25N2P.3C7H7.Hf/c1-19(2)25-23(24-18-20-12-6-3-7-13-20)26(21-14-8-4-9-15-21)22-16-10-5-11-17-22;3*1-7-5-3-2-4-6-7;/h3-17,19,23H,18H2,1-2H3;3*2-6H,1H2;/q-2;3*-1;. The monoisotopic (exact) mass is 813 g/mol. The zero-order chi connectivity index (χ0) is 33.5. The van der Waals surface area contributed by atoms with Crippen LogP contribution in [-0.2, 0) is 32.4 Å². The van der Waals surface area contributed by atoms with E-state index in [0.717, 1.165) is 16.7 Å². The molecule has 2 nitrogen and oxygen atoms in total. The van der Waals surface area contributed by atoms with Gasteiger partial charge < -0.3 is 10.6 Å². The van der Waals surface area contributed by atoms with Crippen LogP contribution in [0.15, 0.2) is 182 Å². The van der Waals surface area contributed by atoms with Gasteiger partial charge in [0.25, 0.3) is 0 Å². The molecule has 0 saturated heterocycles. The van der Waals surface area contributed by atoms with Gasteiger partial charge in [0.1, 0.15) is 0 Å². The van der Waals surface area contributed by atoms with Crippen molar-refractivity contribution in [3.8, 4) is 0 Å². The molecule has 6 rings (SSSR count). The molecule has 1 unspecified atom stereocenters. The molecule has 0 spiro atoms. The summed E-state index contributed by atoms with van der Waals surface area (Å²) < 4.78 is 0. The molecule has 0 bridgehead atoms. The molecule has 1 atom stereocenters. The summed E-state index contributed by atoms with van der Waals surface area (Å²) in [6.45, 7) is 16.1. The molecule has 0 aliphatic heterocycles. The predicted molar refractivity (Wildman–Crippen MR) is 208 cm³/mol. The van der Waals surface area contributed by atoms with Crippen LogP contribution in [0.25, 0.3) is 10.6 Å². The fraction of sp³-hybridized carbons (Fsp3) is 0.114. The summed E-state index contributed by atoms with van der Waals surface area (Å²) in [6.07, 6.45) is 0. The number of benzene rings is 6. The maximum atomic E-state index is 5.05. The van der Waals surface area contributed by atoms with E-state index in [-0.39, 0.29) is 37.8 Å². The van der Waals surface area contributed by atoms with Crippen LogP contribution in [0.4, 0.5) is 0 Å². The van der Waals surface area contributed by atoms with Crippen LogP contribution in [0.5, 0.6) is 0 Å². The van der Waals surface area contributed by atoms with E-state index >= 15 is 0 Å². The number of rotatable bonds is 8. The van der Waals surface area contributed by atoms with Crippen molar-refractivity contribution in [1.82, 2.24) is 0 Å². The van der Waals surface area contributed by atoms with Gasteiger partial charge in [-0.15, -0.1) is 49.0 Å². The smallest absolute Gasteiger partial charge is 0 e. The molecule has 4 heteroatoms. The van der Waals surface area contributed by atoms with Gasteiger partial charge in [-0.25, -0.2) is 5.91 Å². The Kier molecular flexibility index (Phi) is 20.4. The van der Waals surface area contributed by atoms with Crippen molar-refractivity contribution in [2.24, 2.45) is 0 Å². The molecule has 0 N–H and O–H groups in total. The molecule has 0 heterocycles. The average molecular weight is 812 g/mol. The van der Waals surface area contributed by atoms with Crippen molar-refractivity contribution in [3.63, 3.8) is 0 Å². The number of hydrogen-bond acceptors (Lipinski definition) is 0.